The summed E-state index contributed by atoms with van der Waals surface area (Å²) in [5, 5.41) is 6.47. The molecule has 2 heterocycles. The van der Waals surface area contributed by atoms with Gasteiger partial charge in [-0.1, -0.05) is 0 Å². The van der Waals surface area contributed by atoms with Crippen molar-refractivity contribution in [1.82, 2.24) is 10.3 Å². The van der Waals surface area contributed by atoms with E-state index in [0.29, 0.717) is 47.0 Å². The third-order valence-electron chi connectivity index (χ3n) is 5.60. The maximum atomic E-state index is 14.4. The molecular formula is C24H25FN4O5S. The lowest BCUT2D eigenvalue weighted by atomic mass is 10.1. The topological polar surface area (TPSA) is 113 Å². The van der Waals surface area contributed by atoms with Crippen LogP contribution in [0, 0.1) is 12.7 Å². The van der Waals surface area contributed by atoms with Gasteiger partial charge in [-0.25, -0.2) is 9.18 Å². The molecular weight excluding hydrogens is 475 g/mol. The van der Waals surface area contributed by atoms with Crippen molar-refractivity contribution in [2.45, 2.75) is 13.0 Å². The molecule has 0 unspecified atom stereocenters. The van der Waals surface area contributed by atoms with E-state index in [1.807, 2.05) is 6.07 Å². The molecule has 2 aromatic carbocycles. The maximum Gasteiger partial charge on any atom is 0.414 e. The third-order valence-corrected chi connectivity index (χ3v) is 5.98. The SMILES string of the molecule is COc1ccc2cc(C(=O)NC[C@H]3CN(c4ccc(NCCSO)c(F)c4)C(=O)O3)c(C)nc2c1. The second-order valence-electron chi connectivity index (χ2n) is 7.93. The zero-order valence-electron chi connectivity index (χ0n) is 19.2. The van der Waals surface area contributed by atoms with Gasteiger partial charge in [-0.05, 0) is 55.4 Å². The number of hydrogen-bond donors (Lipinski definition) is 3. The van der Waals surface area contributed by atoms with Gasteiger partial charge in [0.25, 0.3) is 5.91 Å². The van der Waals surface area contributed by atoms with Crippen molar-refractivity contribution in [3.63, 3.8) is 0 Å². The Balaban J connectivity index is 1.38. The molecule has 1 atom stereocenters. The molecule has 0 bridgehead atoms. The van der Waals surface area contributed by atoms with Gasteiger partial charge in [0.05, 0.1) is 48.3 Å². The number of halogens is 1. The first-order valence-electron chi connectivity index (χ1n) is 10.9. The fraction of sp³-hybridized carbons (Fsp3) is 0.292. The molecule has 0 saturated carbocycles. The van der Waals surface area contributed by atoms with Crippen molar-refractivity contribution < 1.29 is 28.0 Å². The fourth-order valence-electron chi connectivity index (χ4n) is 3.79. The fourth-order valence-corrected chi connectivity index (χ4v) is 3.98. The van der Waals surface area contributed by atoms with Crippen LogP contribution in [0.25, 0.3) is 10.9 Å². The van der Waals surface area contributed by atoms with Crippen LogP contribution in [0.1, 0.15) is 16.1 Å². The summed E-state index contributed by atoms with van der Waals surface area (Å²) in [6.45, 7) is 2.41. The van der Waals surface area contributed by atoms with E-state index < -0.39 is 18.0 Å². The molecule has 184 valence electrons. The minimum Gasteiger partial charge on any atom is -0.497 e. The monoisotopic (exact) mass is 500 g/mol. The van der Waals surface area contributed by atoms with Crippen LogP contribution < -0.4 is 20.3 Å². The van der Waals surface area contributed by atoms with E-state index in [2.05, 4.69) is 15.6 Å². The Bertz CT molecular complexity index is 1260. The van der Waals surface area contributed by atoms with Gasteiger partial charge in [-0.3, -0.25) is 14.7 Å². The highest BCUT2D eigenvalue weighted by Crippen LogP contribution is 2.26. The number of aryl methyl sites for hydroxylation is 1. The number of nitrogens with one attached hydrogen (secondary N) is 2. The Morgan fingerprint density at radius 3 is 2.89 bits per heavy atom. The third kappa shape index (κ3) is 5.57. The van der Waals surface area contributed by atoms with E-state index in [1.165, 1.54) is 17.0 Å². The van der Waals surface area contributed by atoms with Crippen LogP contribution in [0.3, 0.4) is 0 Å². The highest BCUT2D eigenvalue weighted by atomic mass is 32.2. The largest absolute Gasteiger partial charge is 0.497 e. The van der Waals surface area contributed by atoms with Crippen molar-refractivity contribution >= 4 is 46.3 Å². The molecule has 1 aromatic heterocycles. The summed E-state index contributed by atoms with van der Waals surface area (Å²) in [6, 6.07) is 11.6. The number of nitrogens with zero attached hydrogens (tertiary/aromatic N) is 2. The number of rotatable bonds is 9. The summed E-state index contributed by atoms with van der Waals surface area (Å²) in [5.41, 5.74) is 2.34. The lowest BCUT2D eigenvalue weighted by molar-refractivity contribution is 0.0915. The summed E-state index contributed by atoms with van der Waals surface area (Å²) in [5.74, 6) is 0.244. The maximum absolute atomic E-state index is 14.4. The van der Waals surface area contributed by atoms with Gasteiger partial charge in [-0.2, -0.15) is 0 Å². The van der Waals surface area contributed by atoms with Crippen LogP contribution in [0.5, 0.6) is 5.75 Å². The predicted molar refractivity (Wildman–Crippen MR) is 133 cm³/mol. The Labute approximate surface area is 205 Å². The lowest BCUT2D eigenvalue weighted by Gasteiger charge is -2.15. The molecule has 0 radical (unpaired) electrons. The van der Waals surface area contributed by atoms with Crippen LogP contribution in [0.2, 0.25) is 0 Å². The zero-order chi connectivity index (χ0) is 24.9. The molecule has 11 heteroatoms. The number of aromatic nitrogens is 1. The van der Waals surface area contributed by atoms with Crippen LogP contribution in [0.4, 0.5) is 20.6 Å². The Morgan fingerprint density at radius 1 is 1.31 bits per heavy atom. The van der Waals surface area contributed by atoms with E-state index in [4.69, 9.17) is 14.0 Å². The second kappa shape index (κ2) is 10.8. The minimum absolute atomic E-state index is 0.0993. The second-order valence-corrected chi connectivity index (χ2v) is 8.60. The average Bonchev–Trinajstić information content (AvgIpc) is 3.23. The van der Waals surface area contributed by atoms with Gasteiger partial charge in [0.2, 0.25) is 0 Å². The number of cyclic esters (lactones) is 1. The minimum atomic E-state index is -0.612. The number of fused-ring (bicyclic) bond motifs is 1. The standard InChI is InChI=1S/C24H25FN4O5S/c1-14-19(9-15-3-5-17(33-2)11-22(15)28-14)23(30)27-12-18-13-29(24(31)34-18)16-4-6-21(20(25)10-16)26-7-8-35-32/h3-6,9-11,18,26,32H,7-8,12-13H2,1-2H3,(H,27,30)/t18-/m0/s1. The van der Waals surface area contributed by atoms with Crippen LogP contribution in [-0.2, 0) is 4.74 Å². The van der Waals surface area contributed by atoms with Crippen molar-refractivity contribution in [2.24, 2.45) is 0 Å². The Kier molecular flexibility index (Phi) is 7.57. The van der Waals surface area contributed by atoms with E-state index in [9.17, 15) is 14.0 Å². The van der Waals surface area contributed by atoms with Gasteiger partial charge in [-0.15, -0.1) is 0 Å². The van der Waals surface area contributed by atoms with E-state index >= 15 is 0 Å². The van der Waals surface area contributed by atoms with Crippen LogP contribution >= 0.6 is 12.0 Å². The van der Waals surface area contributed by atoms with Gasteiger partial charge < -0.3 is 24.7 Å². The highest BCUT2D eigenvalue weighted by Gasteiger charge is 2.33. The Morgan fingerprint density at radius 2 is 2.14 bits per heavy atom. The van der Waals surface area contributed by atoms with Crippen molar-refractivity contribution in [2.75, 3.05) is 42.7 Å². The summed E-state index contributed by atoms with van der Waals surface area (Å²) >= 11 is 0.666. The molecule has 3 aromatic rings. The number of amides is 2. The molecule has 0 aliphatic carbocycles. The lowest BCUT2D eigenvalue weighted by Crippen LogP contribution is -2.35. The first-order chi connectivity index (χ1) is 16.9. The molecule has 2 amide bonds. The zero-order valence-corrected chi connectivity index (χ0v) is 20.0. The van der Waals surface area contributed by atoms with E-state index in [0.717, 1.165) is 10.9 Å². The quantitative estimate of drug-likeness (QED) is 0.298. The number of methoxy groups -OCH3 is 1. The average molecular weight is 501 g/mol. The molecule has 9 nitrogen and oxygen atoms in total. The number of hydrogen-bond acceptors (Lipinski definition) is 8. The highest BCUT2D eigenvalue weighted by molar-refractivity contribution is 7.93. The van der Waals surface area contributed by atoms with Gasteiger partial charge >= 0.3 is 6.09 Å². The van der Waals surface area contributed by atoms with Crippen LogP contribution in [0.15, 0.2) is 42.5 Å². The number of pyridine rings is 1. The van der Waals surface area contributed by atoms with Crippen molar-refractivity contribution in [1.29, 1.82) is 0 Å². The number of ether oxygens (including phenoxy) is 2. The Hall–Kier alpha value is -3.57. The molecule has 0 spiro atoms. The number of carbonyl (C=O) groups is 2. The summed E-state index contributed by atoms with van der Waals surface area (Å²) < 4.78 is 33.8. The number of anilines is 2. The molecule has 1 fully saturated rings. The van der Waals surface area contributed by atoms with Crippen molar-refractivity contribution in [3.05, 3.63) is 59.5 Å². The normalized spacial score (nSPS) is 15.3. The first-order valence-corrected chi connectivity index (χ1v) is 11.9. The molecule has 35 heavy (non-hydrogen) atoms. The molecule has 1 aliphatic rings. The van der Waals surface area contributed by atoms with E-state index in [1.54, 1.807) is 38.3 Å². The molecule has 4 rings (SSSR count). The van der Waals surface area contributed by atoms with E-state index in [-0.39, 0.29) is 24.7 Å². The number of benzene rings is 2. The summed E-state index contributed by atoms with van der Waals surface area (Å²) in [6.07, 6.45) is -1.20. The van der Waals surface area contributed by atoms with Gasteiger partial charge in [0, 0.05) is 23.8 Å². The molecule has 1 aliphatic heterocycles. The molecule has 1 saturated heterocycles. The smallest absolute Gasteiger partial charge is 0.414 e. The van der Waals surface area contributed by atoms with Gasteiger partial charge in [0.15, 0.2) is 0 Å². The predicted octanol–water partition coefficient (Wildman–Crippen LogP) is 4.06. The van der Waals surface area contributed by atoms with Crippen molar-refractivity contribution in [3.8, 4) is 5.75 Å². The number of carbonyl (C=O) groups excluding carboxylic acids is 2. The molecule has 3 N–H and O–H groups in total. The summed E-state index contributed by atoms with van der Waals surface area (Å²) in [7, 11) is 1.58. The summed E-state index contributed by atoms with van der Waals surface area (Å²) in [4.78, 5) is 31.0. The first kappa shape index (κ1) is 24.6. The van der Waals surface area contributed by atoms with Crippen LogP contribution in [-0.4, -0.2) is 60.1 Å². The van der Waals surface area contributed by atoms with Gasteiger partial charge in [0.1, 0.15) is 17.7 Å².